The van der Waals surface area contributed by atoms with E-state index in [1.165, 1.54) is 16.9 Å². The van der Waals surface area contributed by atoms with Gasteiger partial charge in [0, 0.05) is 5.56 Å². The Morgan fingerprint density at radius 3 is 2.34 bits per heavy atom. The summed E-state index contributed by atoms with van der Waals surface area (Å²) in [5.74, 6) is 1.12. The van der Waals surface area contributed by atoms with Crippen LogP contribution >= 0.6 is 11.3 Å². The quantitative estimate of drug-likeness (QED) is 0.450. The zero-order chi connectivity index (χ0) is 23.1. The summed E-state index contributed by atoms with van der Waals surface area (Å²) in [6.07, 6.45) is 0. The fraction of sp³-hybridized carbons (Fsp3) is 0.333. The van der Waals surface area contributed by atoms with Crippen molar-refractivity contribution >= 4 is 27.9 Å². The first kappa shape index (κ1) is 22.0. The number of anilines is 1. The van der Waals surface area contributed by atoms with Crippen molar-refractivity contribution in [1.29, 1.82) is 0 Å². The number of carbonyl (C=O) groups is 1. The van der Waals surface area contributed by atoms with E-state index in [1.54, 1.807) is 18.4 Å². The van der Waals surface area contributed by atoms with Crippen LogP contribution in [0.15, 0.2) is 48.5 Å². The number of hydrogen-bond donors (Lipinski definition) is 1. The summed E-state index contributed by atoms with van der Waals surface area (Å²) in [6, 6.07) is 15.5. The van der Waals surface area contributed by atoms with E-state index >= 15 is 0 Å². The highest BCUT2D eigenvalue weighted by atomic mass is 32.1. The molecule has 0 saturated heterocycles. The molecular formula is C24H27N5O2S. The molecule has 0 saturated carbocycles. The summed E-state index contributed by atoms with van der Waals surface area (Å²) in [5.41, 5.74) is 1.68. The normalized spacial score (nSPS) is 12.2. The summed E-state index contributed by atoms with van der Waals surface area (Å²) in [6.45, 7) is 11.9. The molecule has 2 heterocycles. The molecule has 32 heavy (non-hydrogen) atoms. The van der Waals surface area contributed by atoms with E-state index in [0.717, 1.165) is 16.4 Å². The standard InChI is InChI=1S/C24H27N5O2S/c1-15-26-27-22-29(15)28-20(32-22)18-9-7-8-10-19(18)25-21(30)24(5,6)31-17-13-11-16(12-14-17)23(2,3)4/h7-14H,1-6H3,(H,25,30). The Labute approximate surface area is 191 Å². The van der Waals surface area contributed by atoms with Crippen LogP contribution in [-0.4, -0.2) is 31.3 Å². The van der Waals surface area contributed by atoms with Gasteiger partial charge in [0.1, 0.15) is 10.8 Å². The molecule has 0 unspecified atom stereocenters. The van der Waals surface area contributed by atoms with Gasteiger partial charge in [0.2, 0.25) is 4.96 Å². The Balaban J connectivity index is 1.54. The average molecular weight is 450 g/mol. The minimum absolute atomic E-state index is 0.0567. The minimum Gasteiger partial charge on any atom is -0.478 e. The Hall–Kier alpha value is -3.26. The number of para-hydroxylation sites is 1. The van der Waals surface area contributed by atoms with Gasteiger partial charge >= 0.3 is 0 Å². The summed E-state index contributed by atoms with van der Waals surface area (Å²) >= 11 is 1.42. The van der Waals surface area contributed by atoms with Crippen LogP contribution in [0, 0.1) is 6.92 Å². The molecule has 0 atom stereocenters. The van der Waals surface area contributed by atoms with Crippen LogP contribution in [0.25, 0.3) is 15.5 Å². The number of aryl methyl sites for hydroxylation is 1. The van der Waals surface area contributed by atoms with Crippen molar-refractivity contribution in [2.75, 3.05) is 5.32 Å². The van der Waals surface area contributed by atoms with Crippen LogP contribution in [0.3, 0.4) is 0 Å². The van der Waals surface area contributed by atoms with E-state index in [4.69, 9.17) is 4.74 Å². The highest BCUT2D eigenvalue weighted by Gasteiger charge is 2.31. The van der Waals surface area contributed by atoms with Crippen LogP contribution in [0.4, 0.5) is 5.69 Å². The lowest BCUT2D eigenvalue weighted by molar-refractivity contribution is -0.128. The molecule has 2 aromatic heterocycles. The zero-order valence-electron chi connectivity index (χ0n) is 19.1. The topological polar surface area (TPSA) is 81.4 Å². The maximum absolute atomic E-state index is 13.1. The van der Waals surface area contributed by atoms with Gasteiger partial charge in [-0.1, -0.05) is 56.4 Å². The predicted octanol–water partition coefficient (Wildman–Crippen LogP) is 5.25. The first-order valence-corrected chi connectivity index (χ1v) is 11.3. The highest BCUT2D eigenvalue weighted by Crippen LogP contribution is 2.32. The highest BCUT2D eigenvalue weighted by molar-refractivity contribution is 7.19. The van der Waals surface area contributed by atoms with Crippen LogP contribution in [0.5, 0.6) is 5.75 Å². The van der Waals surface area contributed by atoms with Gasteiger partial charge in [0.15, 0.2) is 11.4 Å². The first-order valence-electron chi connectivity index (χ1n) is 10.4. The molecule has 166 valence electrons. The minimum atomic E-state index is -1.08. The van der Waals surface area contributed by atoms with Crippen molar-refractivity contribution < 1.29 is 9.53 Å². The molecule has 0 aliphatic carbocycles. The van der Waals surface area contributed by atoms with Crippen LogP contribution in [0.1, 0.15) is 46.0 Å². The number of amides is 1. The lowest BCUT2D eigenvalue weighted by Gasteiger charge is -2.26. The molecule has 4 rings (SSSR count). The molecule has 4 aromatic rings. The van der Waals surface area contributed by atoms with Gasteiger partial charge in [-0.15, -0.1) is 10.2 Å². The molecule has 0 bridgehead atoms. The molecular weight excluding hydrogens is 422 g/mol. The van der Waals surface area contributed by atoms with Crippen molar-refractivity contribution in [3.63, 3.8) is 0 Å². The summed E-state index contributed by atoms with van der Waals surface area (Å²) < 4.78 is 7.75. The maximum atomic E-state index is 13.1. The van der Waals surface area contributed by atoms with Crippen molar-refractivity contribution in [1.82, 2.24) is 19.8 Å². The van der Waals surface area contributed by atoms with Gasteiger partial charge < -0.3 is 10.1 Å². The Morgan fingerprint density at radius 2 is 1.69 bits per heavy atom. The number of ether oxygens (including phenoxy) is 1. The van der Waals surface area contributed by atoms with Crippen molar-refractivity contribution in [2.45, 2.75) is 52.6 Å². The number of carbonyl (C=O) groups excluding carboxylic acids is 1. The molecule has 0 aliphatic rings. The maximum Gasteiger partial charge on any atom is 0.267 e. The molecule has 0 radical (unpaired) electrons. The van der Waals surface area contributed by atoms with Crippen molar-refractivity contribution in [3.05, 3.63) is 59.9 Å². The largest absolute Gasteiger partial charge is 0.478 e. The first-order chi connectivity index (χ1) is 15.0. The fourth-order valence-corrected chi connectivity index (χ4v) is 4.16. The van der Waals surface area contributed by atoms with E-state index in [0.29, 0.717) is 16.4 Å². The SMILES string of the molecule is Cc1nnc2sc(-c3ccccc3NC(=O)C(C)(C)Oc3ccc(C(C)(C)C)cc3)nn12. The number of fused-ring (bicyclic) bond motifs is 1. The van der Waals surface area contributed by atoms with E-state index in [-0.39, 0.29) is 11.3 Å². The zero-order valence-corrected chi connectivity index (χ0v) is 19.9. The Bertz CT molecular complexity index is 1270. The smallest absolute Gasteiger partial charge is 0.267 e. The Kier molecular flexibility index (Phi) is 5.50. The van der Waals surface area contributed by atoms with Gasteiger partial charge in [-0.2, -0.15) is 9.61 Å². The summed E-state index contributed by atoms with van der Waals surface area (Å²) in [4.78, 5) is 13.9. The molecule has 0 fully saturated rings. The third kappa shape index (κ3) is 4.36. The number of hydrogen-bond acceptors (Lipinski definition) is 6. The predicted molar refractivity (Wildman–Crippen MR) is 127 cm³/mol. The van der Waals surface area contributed by atoms with E-state index in [9.17, 15) is 4.79 Å². The molecule has 0 spiro atoms. The van der Waals surface area contributed by atoms with Gasteiger partial charge in [0.05, 0.1) is 5.69 Å². The van der Waals surface area contributed by atoms with Crippen LogP contribution < -0.4 is 10.1 Å². The van der Waals surface area contributed by atoms with Crippen molar-refractivity contribution in [3.8, 4) is 16.3 Å². The number of aromatic nitrogens is 4. The van der Waals surface area contributed by atoms with E-state index < -0.39 is 5.60 Å². The third-order valence-electron chi connectivity index (χ3n) is 5.19. The molecule has 1 amide bonds. The summed E-state index contributed by atoms with van der Waals surface area (Å²) in [5, 5.41) is 16.5. The second-order valence-electron chi connectivity index (χ2n) is 9.24. The second kappa shape index (κ2) is 8.02. The van der Waals surface area contributed by atoms with Gasteiger partial charge in [-0.05, 0) is 56.0 Å². The van der Waals surface area contributed by atoms with E-state index in [2.05, 4.69) is 41.4 Å². The van der Waals surface area contributed by atoms with Gasteiger partial charge in [-0.3, -0.25) is 4.79 Å². The lowest BCUT2D eigenvalue weighted by atomic mass is 9.87. The molecule has 7 nitrogen and oxygen atoms in total. The number of nitrogens with one attached hydrogen (secondary N) is 1. The molecule has 1 N–H and O–H groups in total. The lowest BCUT2D eigenvalue weighted by Crippen LogP contribution is -2.42. The van der Waals surface area contributed by atoms with E-state index in [1.807, 2.05) is 55.5 Å². The second-order valence-corrected chi connectivity index (χ2v) is 10.2. The number of benzene rings is 2. The summed E-state index contributed by atoms with van der Waals surface area (Å²) in [7, 11) is 0. The average Bonchev–Trinajstić information content (AvgIpc) is 3.30. The monoisotopic (exact) mass is 449 g/mol. The van der Waals surface area contributed by atoms with Crippen LogP contribution in [0.2, 0.25) is 0 Å². The van der Waals surface area contributed by atoms with Gasteiger partial charge in [-0.25, -0.2) is 0 Å². The molecule has 2 aromatic carbocycles. The molecule has 8 heteroatoms. The van der Waals surface area contributed by atoms with Crippen LogP contribution in [-0.2, 0) is 10.2 Å². The number of nitrogens with zero attached hydrogens (tertiary/aromatic N) is 4. The Morgan fingerprint density at radius 1 is 1.00 bits per heavy atom. The molecule has 0 aliphatic heterocycles. The fourth-order valence-electron chi connectivity index (χ4n) is 3.24. The third-order valence-corrected chi connectivity index (χ3v) is 6.12. The van der Waals surface area contributed by atoms with Crippen molar-refractivity contribution in [2.24, 2.45) is 0 Å². The van der Waals surface area contributed by atoms with Gasteiger partial charge in [0.25, 0.3) is 5.91 Å². The number of rotatable bonds is 5.